The first kappa shape index (κ1) is 10.8. The lowest BCUT2D eigenvalue weighted by molar-refractivity contribution is 1.38. The standard InChI is InChI=1S/C8H8Cl2N4/c9-5-1-3(7(11)12)4(8(13)14)2-6(5)10/h1-2H,(H3,11,12)(H3,13,14). The van der Waals surface area contributed by atoms with Crippen molar-refractivity contribution in [1.82, 2.24) is 0 Å². The second-order valence-corrected chi connectivity index (χ2v) is 3.45. The number of benzene rings is 1. The van der Waals surface area contributed by atoms with Gasteiger partial charge in [-0.15, -0.1) is 0 Å². The molecule has 0 saturated carbocycles. The molecule has 74 valence electrons. The molecule has 0 aliphatic heterocycles. The van der Waals surface area contributed by atoms with Crippen LogP contribution >= 0.6 is 23.2 Å². The van der Waals surface area contributed by atoms with E-state index < -0.39 is 0 Å². The highest BCUT2D eigenvalue weighted by atomic mass is 35.5. The highest BCUT2D eigenvalue weighted by molar-refractivity contribution is 6.42. The number of nitrogen functional groups attached to an aromatic ring is 2. The zero-order valence-corrected chi connectivity index (χ0v) is 8.58. The summed E-state index contributed by atoms with van der Waals surface area (Å²) in [7, 11) is 0. The lowest BCUT2D eigenvalue weighted by Crippen LogP contribution is -2.20. The predicted molar refractivity (Wildman–Crippen MR) is 58.5 cm³/mol. The maximum absolute atomic E-state index is 7.26. The molecular formula is C8H8Cl2N4. The van der Waals surface area contributed by atoms with Crippen molar-refractivity contribution in [3.05, 3.63) is 33.3 Å². The fraction of sp³-hybridized carbons (Fsp3) is 0. The van der Waals surface area contributed by atoms with Crippen LogP contribution in [0.15, 0.2) is 12.1 Å². The van der Waals surface area contributed by atoms with Crippen molar-refractivity contribution in [2.24, 2.45) is 11.5 Å². The molecule has 0 atom stereocenters. The zero-order valence-electron chi connectivity index (χ0n) is 7.07. The number of amidine groups is 2. The largest absolute Gasteiger partial charge is 0.384 e. The number of hydrogen-bond donors (Lipinski definition) is 4. The molecule has 1 rings (SSSR count). The first-order valence-electron chi connectivity index (χ1n) is 3.61. The number of nitrogens with one attached hydrogen (secondary N) is 2. The van der Waals surface area contributed by atoms with Gasteiger partial charge in [0.15, 0.2) is 0 Å². The molecule has 0 amide bonds. The van der Waals surface area contributed by atoms with Crippen molar-refractivity contribution in [1.29, 1.82) is 10.8 Å². The molecule has 0 bridgehead atoms. The molecule has 0 fully saturated rings. The Hall–Kier alpha value is -1.26. The van der Waals surface area contributed by atoms with Gasteiger partial charge in [-0.05, 0) is 12.1 Å². The van der Waals surface area contributed by atoms with Crippen molar-refractivity contribution >= 4 is 34.9 Å². The number of rotatable bonds is 2. The fourth-order valence-electron chi connectivity index (χ4n) is 0.993. The Morgan fingerprint density at radius 2 is 1.21 bits per heavy atom. The van der Waals surface area contributed by atoms with Crippen LogP contribution in [-0.4, -0.2) is 11.7 Å². The van der Waals surface area contributed by atoms with Gasteiger partial charge in [-0.25, -0.2) is 0 Å². The van der Waals surface area contributed by atoms with E-state index in [1.54, 1.807) is 0 Å². The molecule has 1 aromatic carbocycles. The molecule has 6 N–H and O–H groups in total. The predicted octanol–water partition coefficient (Wildman–Crippen LogP) is 1.56. The third kappa shape index (κ3) is 1.97. The van der Waals surface area contributed by atoms with Gasteiger partial charge in [-0.2, -0.15) is 0 Å². The van der Waals surface area contributed by atoms with Crippen LogP contribution in [0.25, 0.3) is 0 Å². The molecule has 4 nitrogen and oxygen atoms in total. The summed E-state index contributed by atoms with van der Waals surface area (Å²) in [6.45, 7) is 0. The van der Waals surface area contributed by atoms with Gasteiger partial charge in [0.1, 0.15) is 11.7 Å². The Morgan fingerprint density at radius 1 is 0.929 bits per heavy atom. The molecule has 0 saturated heterocycles. The maximum atomic E-state index is 7.26. The monoisotopic (exact) mass is 230 g/mol. The van der Waals surface area contributed by atoms with E-state index in [2.05, 4.69) is 0 Å². The van der Waals surface area contributed by atoms with Crippen LogP contribution < -0.4 is 11.5 Å². The Bertz CT molecular complexity index is 375. The Labute approximate surface area is 90.8 Å². The summed E-state index contributed by atoms with van der Waals surface area (Å²) in [6.07, 6.45) is 0. The molecule has 0 aliphatic carbocycles. The lowest BCUT2D eigenvalue weighted by atomic mass is 10.1. The molecule has 0 heterocycles. The topological polar surface area (TPSA) is 99.7 Å². The first-order chi connectivity index (χ1) is 6.43. The molecule has 0 aromatic heterocycles. The summed E-state index contributed by atoms with van der Waals surface area (Å²) in [4.78, 5) is 0. The average molecular weight is 231 g/mol. The highest BCUT2D eigenvalue weighted by Crippen LogP contribution is 2.25. The minimum Gasteiger partial charge on any atom is -0.384 e. The summed E-state index contributed by atoms with van der Waals surface area (Å²) in [5.41, 5.74) is 11.2. The van der Waals surface area contributed by atoms with Crippen LogP contribution in [0.4, 0.5) is 0 Å². The molecule has 14 heavy (non-hydrogen) atoms. The Balaban J connectivity index is 3.46. The maximum Gasteiger partial charge on any atom is 0.123 e. The molecule has 0 spiro atoms. The molecule has 0 aliphatic rings. The van der Waals surface area contributed by atoms with Crippen molar-refractivity contribution in [2.75, 3.05) is 0 Å². The molecule has 0 unspecified atom stereocenters. The van der Waals surface area contributed by atoms with E-state index in [-0.39, 0.29) is 21.7 Å². The molecule has 1 aromatic rings. The second-order valence-electron chi connectivity index (χ2n) is 2.64. The van der Waals surface area contributed by atoms with Gasteiger partial charge in [0.2, 0.25) is 0 Å². The summed E-state index contributed by atoms with van der Waals surface area (Å²) in [5, 5.41) is 15.1. The third-order valence-corrected chi connectivity index (χ3v) is 2.36. The average Bonchev–Trinajstić information content (AvgIpc) is 2.08. The van der Waals surface area contributed by atoms with E-state index in [4.69, 9.17) is 45.5 Å². The minimum absolute atomic E-state index is 0.200. The summed E-state index contributed by atoms with van der Waals surface area (Å²) < 4.78 is 0. The minimum atomic E-state index is -0.200. The van der Waals surface area contributed by atoms with Gasteiger partial charge in [-0.3, -0.25) is 10.8 Å². The third-order valence-electron chi connectivity index (χ3n) is 1.64. The Kier molecular flexibility index (Phi) is 2.98. The van der Waals surface area contributed by atoms with Gasteiger partial charge in [-0.1, -0.05) is 23.2 Å². The Morgan fingerprint density at radius 3 is 1.43 bits per heavy atom. The molecule has 6 heteroatoms. The normalized spacial score (nSPS) is 9.86. The number of halogens is 2. The highest BCUT2D eigenvalue weighted by Gasteiger charge is 2.11. The van der Waals surface area contributed by atoms with Gasteiger partial charge in [0, 0.05) is 11.1 Å². The number of hydrogen-bond acceptors (Lipinski definition) is 2. The second kappa shape index (κ2) is 3.86. The van der Waals surface area contributed by atoms with Crippen molar-refractivity contribution in [3.8, 4) is 0 Å². The van der Waals surface area contributed by atoms with Crippen molar-refractivity contribution in [2.45, 2.75) is 0 Å². The summed E-state index contributed by atoms with van der Waals surface area (Å²) in [5.74, 6) is -0.400. The van der Waals surface area contributed by atoms with Crippen LogP contribution in [0, 0.1) is 10.8 Å². The van der Waals surface area contributed by atoms with Gasteiger partial charge in [0.25, 0.3) is 0 Å². The van der Waals surface area contributed by atoms with Crippen LogP contribution in [0.5, 0.6) is 0 Å². The summed E-state index contributed by atoms with van der Waals surface area (Å²) in [6, 6.07) is 2.84. The van der Waals surface area contributed by atoms with E-state index in [9.17, 15) is 0 Å². The van der Waals surface area contributed by atoms with E-state index in [1.165, 1.54) is 12.1 Å². The van der Waals surface area contributed by atoms with Crippen molar-refractivity contribution < 1.29 is 0 Å². The van der Waals surface area contributed by atoms with Crippen LogP contribution in [-0.2, 0) is 0 Å². The van der Waals surface area contributed by atoms with E-state index in [1.807, 2.05) is 0 Å². The van der Waals surface area contributed by atoms with Crippen LogP contribution in [0.2, 0.25) is 10.0 Å². The van der Waals surface area contributed by atoms with E-state index in [0.717, 1.165) is 0 Å². The number of nitrogens with two attached hydrogens (primary N) is 2. The lowest BCUT2D eigenvalue weighted by Gasteiger charge is -2.08. The summed E-state index contributed by atoms with van der Waals surface area (Å²) >= 11 is 11.5. The van der Waals surface area contributed by atoms with E-state index in [0.29, 0.717) is 11.1 Å². The molecular weight excluding hydrogens is 223 g/mol. The van der Waals surface area contributed by atoms with Crippen LogP contribution in [0.3, 0.4) is 0 Å². The smallest absolute Gasteiger partial charge is 0.123 e. The quantitative estimate of drug-likeness (QED) is 0.458. The fourth-order valence-corrected chi connectivity index (χ4v) is 1.32. The van der Waals surface area contributed by atoms with Crippen LogP contribution in [0.1, 0.15) is 11.1 Å². The van der Waals surface area contributed by atoms with Crippen molar-refractivity contribution in [3.63, 3.8) is 0 Å². The van der Waals surface area contributed by atoms with Gasteiger partial charge >= 0.3 is 0 Å². The van der Waals surface area contributed by atoms with Gasteiger partial charge < -0.3 is 11.5 Å². The SMILES string of the molecule is N=C(N)c1cc(Cl)c(Cl)cc1C(=N)N. The zero-order chi connectivity index (χ0) is 10.9. The van der Waals surface area contributed by atoms with Gasteiger partial charge in [0.05, 0.1) is 10.0 Å². The first-order valence-corrected chi connectivity index (χ1v) is 4.37. The molecule has 0 radical (unpaired) electrons. The van der Waals surface area contributed by atoms with E-state index >= 15 is 0 Å².